The van der Waals surface area contributed by atoms with Crippen LogP contribution in [0.5, 0.6) is 5.75 Å². The lowest BCUT2D eigenvalue weighted by Gasteiger charge is -2.25. The maximum absolute atomic E-state index is 9.31. The number of hydrogen-bond donors (Lipinski definition) is 1. The molecule has 1 saturated heterocycles. The molecule has 16 heavy (non-hydrogen) atoms. The summed E-state index contributed by atoms with van der Waals surface area (Å²) in [4.78, 5) is 6.51. The number of anilines is 1. The van der Waals surface area contributed by atoms with Crippen molar-refractivity contribution in [3.63, 3.8) is 0 Å². The second-order valence-corrected chi connectivity index (χ2v) is 3.93. The Bertz CT molecular complexity index is 344. The zero-order valence-electron chi connectivity index (χ0n) is 9.59. The molecular weight excluding hydrogens is 204 g/mol. The van der Waals surface area contributed by atoms with Crippen molar-refractivity contribution in [3.8, 4) is 5.75 Å². The Hall–Kier alpha value is -1.29. The standard InChI is InChI=1S/C12H18N2O2/c1-2-16-11-6-3-7-13-12(11)14-8-4-5-10(14)9-15/h3,6-7,10,15H,2,4-5,8-9H2,1H3. The molecule has 4 nitrogen and oxygen atoms in total. The summed E-state index contributed by atoms with van der Waals surface area (Å²) < 4.78 is 5.56. The van der Waals surface area contributed by atoms with Crippen molar-refractivity contribution in [2.24, 2.45) is 0 Å². The van der Waals surface area contributed by atoms with Gasteiger partial charge in [-0.15, -0.1) is 0 Å². The number of ether oxygens (including phenoxy) is 1. The van der Waals surface area contributed by atoms with Gasteiger partial charge in [-0.3, -0.25) is 0 Å². The van der Waals surface area contributed by atoms with Crippen LogP contribution in [-0.4, -0.2) is 35.9 Å². The number of nitrogens with zero attached hydrogens (tertiary/aromatic N) is 2. The fourth-order valence-electron chi connectivity index (χ4n) is 2.17. The van der Waals surface area contributed by atoms with Gasteiger partial charge in [0.2, 0.25) is 0 Å². The average Bonchev–Trinajstić information content (AvgIpc) is 2.78. The smallest absolute Gasteiger partial charge is 0.171 e. The maximum Gasteiger partial charge on any atom is 0.171 e. The summed E-state index contributed by atoms with van der Waals surface area (Å²) in [7, 11) is 0. The van der Waals surface area contributed by atoms with Crippen molar-refractivity contribution in [2.75, 3.05) is 24.7 Å². The first-order valence-electron chi connectivity index (χ1n) is 5.82. The molecule has 1 atom stereocenters. The van der Waals surface area contributed by atoms with Gasteiger partial charge in [0.1, 0.15) is 0 Å². The number of hydrogen-bond acceptors (Lipinski definition) is 4. The van der Waals surface area contributed by atoms with Crippen molar-refractivity contribution in [1.29, 1.82) is 0 Å². The Balaban J connectivity index is 2.24. The molecular formula is C12H18N2O2. The molecule has 2 heterocycles. The van der Waals surface area contributed by atoms with Crippen LogP contribution < -0.4 is 9.64 Å². The molecule has 1 aromatic rings. The lowest BCUT2D eigenvalue weighted by Crippen LogP contribution is -2.33. The van der Waals surface area contributed by atoms with E-state index < -0.39 is 0 Å². The number of aliphatic hydroxyl groups is 1. The van der Waals surface area contributed by atoms with Crippen LogP contribution in [0.25, 0.3) is 0 Å². The first-order valence-corrected chi connectivity index (χ1v) is 5.82. The molecule has 1 aliphatic rings. The average molecular weight is 222 g/mol. The number of pyridine rings is 1. The van der Waals surface area contributed by atoms with E-state index in [-0.39, 0.29) is 12.6 Å². The van der Waals surface area contributed by atoms with E-state index in [2.05, 4.69) is 9.88 Å². The molecule has 0 spiro atoms. The van der Waals surface area contributed by atoms with Crippen LogP contribution in [0.4, 0.5) is 5.82 Å². The molecule has 1 aliphatic heterocycles. The number of rotatable bonds is 4. The summed E-state index contributed by atoms with van der Waals surface area (Å²) in [5.41, 5.74) is 0. The Morgan fingerprint density at radius 1 is 1.62 bits per heavy atom. The molecule has 1 fully saturated rings. The summed E-state index contributed by atoms with van der Waals surface area (Å²) in [5.74, 6) is 1.67. The van der Waals surface area contributed by atoms with Gasteiger partial charge in [0, 0.05) is 12.7 Å². The van der Waals surface area contributed by atoms with Crippen molar-refractivity contribution < 1.29 is 9.84 Å². The molecule has 0 saturated carbocycles. The van der Waals surface area contributed by atoms with Crippen LogP contribution in [0, 0.1) is 0 Å². The molecule has 4 heteroatoms. The van der Waals surface area contributed by atoms with E-state index in [4.69, 9.17) is 4.74 Å². The van der Waals surface area contributed by atoms with E-state index in [0.29, 0.717) is 6.61 Å². The summed E-state index contributed by atoms with van der Waals surface area (Å²) in [5, 5.41) is 9.31. The molecule has 1 aromatic heterocycles. The number of aromatic nitrogens is 1. The lowest BCUT2D eigenvalue weighted by molar-refractivity contribution is 0.265. The summed E-state index contributed by atoms with van der Waals surface area (Å²) >= 11 is 0. The van der Waals surface area contributed by atoms with Gasteiger partial charge in [0.15, 0.2) is 11.6 Å². The molecule has 88 valence electrons. The highest BCUT2D eigenvalue weighted by molar-refractivity contribution is 5.53. The third-order valence-electron chi connectivity index (χ3n) is 2.91. The van der Waals surface area contributed by atoms with Gasteiger partial charge in [-0.2, -0.15) is 0 Å². The zero-order valence-corrected chi connectivity index (χ0v) is 9.59. The highest BCUT2D eigenvalue weighted by atomic mass is 16.5. The van der Waals surface area contributed by atoms with E-state index in [0.717, 1.165) is 31.0 Å². The predicted octanol–water partition coefficient (Wildman–Crippen LogP) is 1.44. The first-order chi connectivity index (χ1) is 7.86. The number of aliphatic hydroxyl groups excluding tert-OH is 1. The molecule has 0 bridgehead atoms. The molecule has 1 unspecified atom stereocenters. The van der Waals surface area contributed by atoms with Crippen LogP contribution in [0.1, 0.15) is 19.8 Å². The van der Waals surface area contributed by atoms with Crippen LogP contribution >= 0.6 is 0 Å². The van der Waals surface area contributed by atoms with E-state index in [1.807, 2.05) is 19.1 Å². The zero-order chi connectivity index (χ0) is 11.4. The molecule has 2 rings (SSSR count). The van der Waals surface area contributed by atoms with Crippen molar-refractivity contribution >= 4 is 5.82 Å². The quantitative estimate of drug-likeness (QED) is 0.837. The fourth-order valence-corrected chi connectivity index (χ4v) is 2.17. The highest BCUT2D eigenvalue weighted by Crippen LogP contribution is 2.31. The second kappa shape index (κ2) is 5.16. The van der Waals surface area contributed by atoms with Gasteiger partial charge in [0.05, 0.1) is 19.3 Å². The lowest BCUT2D eigenvalue weighted by atomic mass is 10.2. The van der Waals surface area contributed by atoms with Crippen molar-refractivity contribution in [3.05, 3.63) is 18.3 Å². The van der Waals surface area contributed by atoms with E-state index in [1.165, 1.54) is 0 Å². The normalized spacial score (nSPS) is 20.1. The van der Waals surface area contributed by atoms with Crippen LogP contribution in [-0.2, 0) is 0 Å². The monoisotopic (exact) mass is 222 g/mol. The summed E-state index contributed by atoms with van der Waals surface area (Å²) in [6.07, 6.45) is 3.90. The van der Waals surface area contributed by atoms with Crippen LogP contribution in [0.3, 0.4) is 0 Å². The van der Waals surface area contributed by atoms with Gasteiger partial charge in [-0.25, -0.2) is 4.98 Å². The van der Waals surface area contributed by atoms with E-state index in [9.17, 15) is 5.11 Å². The fraction of sp³-hybridized carbons (Fsp3) is 0.583. The van der Waals surface area contributed by atoms with Gasteiger partial charge >= 0.3 is 0 Å². The Morgan fingerprint density at radius 3 is 3.25 bits per heavy atom. The second-order valence-electron chi connectivity index (χ2n) is 3.93. The van der Waals surface area contributed by atoms with Crippen molar-refractivity contribution in [2.45, 2.75) is 25.8 Å². The SMILES string of the molecule is CCOc1cccnc1N1CCCC1CO. The van der Waals surface area contributed by atoms with E-state index in [1.54, 1.807) is 6.20 Å². The molecule has 0 amide bonds. The topological polar surface area (TPSA) is 45.6 Å². The summed E-state index contributed by atoms with van der Waals surface area (Å²) in [6.45, 7) is 3.73. The van der Waals surface area contributed by atoms with Crippen LogP contribution in [0.2, 0.25) is 0 Å². The molecule has 0 aromatic carbocycles. The van der Waals surface area contributed by atoms with Crippen molar-refractivity contribution in [1.82, 2.24) is 4.98 Å². The Labute approximate surface area is 95.9 Å². The van der Waals surface area contributed by atoms with Gasteiger partial charge in [-0.05, 0) is 31.9 Å². The third-order valence-corrected chi connectivity index (χ3v) is 2.91. The first kappa shape index (κ1) is 11.2. The van der Waals surface area contributed by atoms with Gasteiger partial charge in [0.25, 0.3) is 0 Å². The summed E-state index contributed by atoms with van der Waals surface area (Å²) in [6, 6.07) is 3.99. The minimum absolute atomic E-state index is 0.183. The third kappa shape index (κ3) is 2.11. The molecule has 1 N–H and O–H groups in total. The van der Waals surface area contributed by atoms with Gasteiger partial charge < -0.3 is 14.7 Å². The maximum atomic E-state index is 9.31. The molecule has 0 aliphatic carbocycles. The van der Waals surface area contributed by atoms with E-state index >= 15 is 0 Å². The van der Waals surface area contributed by atoms with Crippen LogP contribution in [0.15, 0.2) is 18.3 Å². The molecule has 0 radical (unpaired) electrons. The minimum atomic E-state index is 0.183. The minimum Gasteiger partial charge on any atom is -0.490 e. The predicted molar refractivity (Wildman–Crippen MR) is 62.9 cm³/mol. The largest absolute Gasteiger partial charge is 0.490 e. The van der Waals surface area contributed by atoms with Gasteiger partial charge in [-0.1, -0.05) is 0 Å². The highest BCUT2D eigenvalue weighted by Gasteiger charge is 2.26. The Morgan fingerprint density at radius 2 is 2.50 bits per heavy atom. The Kier molecular flexibility index (Phi) is 3.62.